The number of nitrogens with one attached hydrogen (secondary N) is 2. The predicted octanol–water partition coefficient (Wildman–Crippen LogP) is 4.86. The highest BCUT2D eigenvalue weighted by Crippen LogP contribution is 2.35. The highest BCUT2D eigenvalue weighted by Gasteiger charge is 2.12. The van der Waals surface area contributed by atoms with Gasteiger partial charge in [0.1, 0.15) is 17.8 Å². The minimum absolute atomic E-state index is 0.337. The molecule has 0 aliphatic rings. The second kappa shape index (κ2) is 7.46. The van der Waals surface area contributed by atoms with Crippen LogP contribution < -0.4 is 21.1 Å². The van der Waals surface area contributed by atoms with E-state index in [0.29, 0.717) is 38.8 Å². The third-order valence-corrected chi connectivity index (χ3v) is 4.27. The molecule has 0 atom stereocenters. The van der Waals surface area contributed by atoms with Crippen molar-refractivity contribution in [2.24, 2.45) is 0 Å². The van der Waals surface area contributed by atoms with Crippen LogP contribution in [0.5, 0.6) is 5.75 Å². The van der Waals surface area contributed by atoms with Gasteiger partial charge in [-0.2, -0.15) is 0 Å². The molecule has 0 saturated heterocycles. The standard InChI is InChI=1S/C17H15Cl2N5O/c1-25-13-8-3-2-6-11(13)23-16-15(20)17(22-9-21-16)24-12-7-4-5-10(18)14(12)19/h2-9H,20H2,1H3,(H2,21,22,23,24). The third kappa shape index (κ3) is 3.70. The monoisotopic (exact) mass is 375 g/mol. The number of para-hydroxylation sites is 2. The summed E-state index contributed by atoms with van der Waals surface area (Å²) in [6.45, 7) is 0. The molecule has 3 aromatic rings. The van der Waals surface area contributed by atoms with Crippen molar-refractivity contribution in [3.05, 3.63) is 58.8 Å². The Morgan fingerprint density at radius 2 is 1.56 bits per heavy atom. The van der Waals surface area contributed by atoms with Gasteiger partial charge in [-0.3, -0.25) is 0 Å². The maximum absolute atomic E-state index is 6.19. The highest BCUT2D eigenvalue weighted by molar-refractivity contribution is 6.43. The SMILES string of the molecule is COc1ccccc1Nc1ncnc(Nc2cccc(Cl)c2Cl)c1N. The Balaban J connectivity index is 1.91. The molecule has 0 radical (unpaired) electrons. The van der Waals surface area contributed by atoms with E-state index in [4.69, 9.17) is 33.7 Å². The molecule has 8 heteroatoms. The van der Waals surface area contributed by atoms with Crippen molar-refractivity contribution in [3.8, 4) is 5.75 Å². The largest absolute Gasteiger partial charge is 0.495 e. The fourth-order valence-corrected chi connectivity index (χ4v) is 2.55. The van der Waals surface area contributed by atoms with E-state index in [1.807, 2.05) is 24.3 Å². The third-order valence-electron chi connectivity index (χ3n) is 3.45. The molecule has 2 aromatic carbocycles. The molecule has 0 fully saturated rings. The number of nitrogens with zero attached hydrogens (tertiary/aromatic N) is 2. The summed E-state index contributed by atoms with van der Waals surface area (Å²) in [5, 5.41) is 7.04. The van der Waals surface area contributed by atoms with Gasteiger partial charge in [0, 0.05) is 0 Å². The number of ether oxygens (including phenoxy) is 1. The van der Waals surface area contributed by atoms with Crippen LogP contribution in [-0.4, -0.2) is 17.1 Å². The number of nitrogen functional groups attached to an aromatic ring is 1. The molecule has 0 spiro atoms. The van der Waals surface area contributed by atoms with Crippen LogP contribution in [0.25, 0.3) is 0 Å². The lowest BCUT2D eigenvalue weighted by molar-refractivity contribution is 0.417. The van der Waals surface area contributed by atoms with Crippen LogP contribution in [0.15, 0.2) is 48.8 Å². The van der Waals surface area contributed by atoms with Crippen LogP contribution in [0, 0.1) is 0 Å². The molecule has 4 N–H and O–H groups in total. The van der Waals surface area contributed by atoms with Crippen LogP contribution >= 0.6 is 23.2 Å². The molecule has 0 bridgehead atoms. The van der Waals surface area contributed by atoms with Gasteiger partial charge in [-0.15, -0.1) is 0 Å². The Hall–Kier alpha value is -2.70. The van der Waals surface area contributed by atoms with Crippen molar-refractivity contribution in [2.75, 3.05) is 23.5 Å². The van der Waals surface area contributed by atoms with Crippen LogP contribution in [0.4, 0.5) is 28.7 Å². The van der Waals surface area contributed by atoms with Crippen LogP contribution in [-0.2, 0) is 0 Å². The number of halogens is 2. The van der Waals surface area contributed by atoms with E-state index in [2.05, 4.69) is 20.6 Å². The number of hydrogen-bond donors (Lipinski definition) is 3. The Kier molecular flexibility index (Phi) is 5.11. The number of nitrogens with two attached hydrogens (primary N) is 1. The summed E-state index contributed by atoms with van der Waals surface area (Å²) in [7, 11) is 1.60. The average Bonchev–Trinajstić information content (AvgIpc) is 2.62. The number of aromatic nitrogens is 2. The molecule has 0 aliphatic heterocycles. The normalized spacial score (nSPS) is 10.4. The van der Waals surface area contributed by atoms with Crippen molar-refractivity contribution in [2.45, 2.75) is 0 Å². The summed E-state index contributed by atoms with van der Waals surface area (Å²) in [6.07, 6.45) is 1.40. The first kappa shape index (κ1) is 17.1. The minimum Gasteiger partial charge on any atom is -0.495 e. The minimum atomic E-state index is 0.337. The summed E-state index contributed by atoms with van der Waals surface area (Å²) in [5.74, 6) is 1.53. The first-order valence-corrected chi connectivity index (χ1v) is 8.07. The molecule has 0 aliphatic carbocycles. The van der Waals surface area contributed by atoms with E-state index >= 15 is 0 Å². The van der Waals surface area contributed by atoms with Gasteiger partial charge in [0.25, 0.3) is 0 Å². The Morgan fingerprint density at radius 3 is 2.28 bits per heavy atom. The number of methoxy groups -OCH3 is 1. The second-order valence-corrected chi connectivity index (χ2v) is 5.82. The Bertz CT molecular complexity index is 904. The van der Waals surface area contributed by atoms with E-state index in [-0.39, 0.29) is 0 Å². The van der Waals surface area contributed by atoms with Gasteiger partial charge in [0.15, 0.2) is 11.6 Å². The topological polar surface area (TPSA) is 85.1 Å². The highest BCUT2D eigenvalue weighted by atomic mass is 35.5. The Labute approximate surface area is 155 Å². The van der Waals surface area contributed by atoms with Gasteiger partial charge in [-0.1, -0.05) is 41.4 Å². The van der Waals surface area contributed by atoms with E-state index in [9.17, 15) is 0 Å². The summed E-state index contributed by atoms with van der Waals surface area (Å²) < 4.78 is 5.32. The van der Waals surface area contributed by atoms with Gasteiger partial charge in [0.05, 0.1) is 28.5 Å². The number of benzene rings is 2. The summed E-state index contributed by atoms with van der Waals surface area (Å²) in [4.78, 5) is 8.36. The lowest BCUT2D eigenvalue weighted by Gasteiger charge is -2.15. The van der Waals surface area contributed by atoms with Crippen LogP contribution in [0.2, 0.25) is 10.0 Å². The number of rotatable bonds is 5. The zero-order valence-corrected chi connectivity index (χ0v) is 14.8. The average molecular weight is 376 g/mol. The van der Waals surface area contributed by atoms with Gasteiger partial charge >= 0.3 is 0 Å². The summed E-state index contributed by atoms with van der Waals surface area (Å²) in [6, 6.07) is 12.7. The van der Waals surface area contributed by atoms with Gasteiger partial charge in [0.2, 0.25) is 0 Å². The maximum Gasteiger partial charge on any atom is 0.159 e. The van der Waals surface area contributed by atoms with E-state index < -0.39 is 0 Å². The molecule has 0 saturated carbocycles. The Morgan fingerprint density at radius 1 is 0.920 bits per heavy atom. The molecule has 3 rings (SSSR count). The maximum atomic E-state index is 6.19. The molecule has 128 valence electrons. The summed E-state index contributed by atoms with van der Waals surface area (Å²) in [5.41, 5.74) is 7.87. The first-order chi connectivity index (χ1) is 12.1. The molecule has 0 amide bonds. The molecule has 6 nitrogen and oxygen atoms in total. The van der Waals surface area contributed by atoms with Crippen molar-refractivity contribution >= 4 is 51.9 Å². The summed E-state index contributed by atoms with van der Waals surface area (Å²) >= 11 is 12.2. The van der Waals surface area contributed by atoms with Crippen LogP contribution in [0.1, 0.15) is 0 Å². The van der Waals surface area contributed by atoms with E-state index in [1.165, 1.54) is 6.33 Å². The lowest BCUT2D eigenvalue weighted by Crippen LogP contribution is -2.06. The fourth-order valence-electron chi connectivity index (χ4n) is 2.20. The number of anilines is 5. The zero-order chi connectivity index (χ0) is 17.8. The molecular weight excluding hydrogens is 361 g/mol. The van der Waals surface area contributed by atoms with Gasteiger partial charge in [-0.05, 0) is 24.3 Å². The lowest BCUT2D eigenvalue weighted by atomic mass is 10.3. The quantitative estimate of drug-likeness (QED) is 0.590. The van der Waals surface area contributed by atoms with E-state index in [0.717, 1.165) is 5.69 Å². The zero-order valence-electron chi connectivity index (χ0n) is 13.3. The first-order valence-electron chi connectivity index (χ1n) is 7.31. The smallest absolute Gasteiger partial charge is 0.159 e. The van der Waals surface area contributed by atoms with Crippen molar-refractivity contribution in [3.63, 3.8) is 0 Å². The fraction of sp³-hybridized carbons (Fsp3) is 0.0588. The molecular formula is C17H15Cl2N5O. The van der Waals surface area contributed by atoms with Crippen molar-refractivity contribution < 1.29 is 4.74 Å². The van der Waals surface area contributed by atoms with Crippen LogP contribution in [0.3, 0.4) is 0 Å². The molecule has 1 aromatic heterocycles. The predicted molar refractivity (Wildman–Crippen MR) is 102 cm³/mol. The van der Waals surface area contributed by atoms with E-state index in [1.54, 1.807) is 25.3 Å². The molecule has 1 heterocycles. The second-order valence-electron chi connectivity index (χ2n) is 5.04. The van der Waals surface area contributed by atoms with Gasteiger partial charge < -0.3 is 21.1 Å². The number of hydrogen-bond acceptors (Lipinski definition) is 6. The van der Waals surface area contributed by atoms with Crippen molar-refractivity contribution in [1.29, 1.82) is 0 Å². The van der Waals surface area contributed by atoms with Crippen molar-refractivity contribution in [1.82, 2.24) is 9.97 Å². The molecule has 25 heavy (non-hydrogen) atoms. The van der Waals surface area contributed by atoms with Gasteiger partial charge in [-0.25, -0.2) is 9.97 Å². The molecule has 0 unspecified atom stereocenters.